The number of benzene rings is 2. The Morgan fingerprint density at radius 1 is 0.939 bits per heavy atom. The van der Waals surface area contributed by atoms with Gasteiger partial charge < -0.3 is 20.5 Å². The Kier molecular flexibility index (Phi) is 8.50. The molecule has 6 heteroatoms. The fourth-order valence-electron chi connectivity index (χ4n) is 4.49. The van der Waals surface area contributed by atoms with E-state index in [0.29, 0.717) is 6.54 Å². The normalized spacial score (nSPS) is 16.2. The van der Waals surface area contributed by atoms with Crippen molar-refractivity contribution in [1.82, 2.24) is 10.6 Å². The highest BCUT2D eigenvalue weighted by atomic mass is 16.5. The van der Waals surface area contributed by atoms with Crippen molar-refractivity contribution in [1.29, 1.82) is 0 Å². The van der Waals surface area contributed by atoms with E-state index in [9.17, 15) is 14.7 Å². The Morgan fingerprint density at radius 2 is 1.48 bits per heavy atom. The highest BCUT2D eigenvalue weighted by molar-refractivity contribution is 5.79. The van der Waals surface area contributed by atoms with Crippen LogP contribution < -0.4 is 10.6 Å². The molecule has 0 unspecified atom stereocenters. The first-order valence-electron chi connectivity index (χ1n) is 11.9. The third-order valence-corrected chi connectivity index (χ3v) is 7.01. The number of alkyl carbamates (subject to hydrolysis) is 1. The summed E-state index contributed by atoms with van der Waals surface area (Å²) in [5, 5.41) is 15.7. The van der Waals surface area contributed by atoms with Gasteiger partial charge in [0.15, 0.2) is 0 Å². The molecule has 4 atom stereocenters. The zero-order chi connectivity index (χ0) is 24.0. The fraction of sp³-hybridized carbons (Fsp3) is 0.481. The van der Waals surface area contributed by atoms with E-state index >= 15 is 0 Å². The van der Waals surface area contributed by atoms with Crippen molar-refractivity contribution < 1.29 is 19.4 Å². The zero-order valence-corrected chi connectivity index (χ0v) is 20.0. The molecule has 6 nitrogen and oxygen atoms in total. The fourth-order valence-corrected chi connectivity index (χ4v) is 4.49. The van der Waals surface area contributed by atoms with E-state index in [2.05, 4.69) is 48.7 Å². The van der Waals surface area contributed by atoms with E-state index in [1.807, 2.05) is 38.1 Å². The van der Waals surface area contributed by atoms with Crippen LogP contribution in [0.2, 0.25) is 0 Å². The number of hydrogen-bond donors (Lipinski definition) is 3. The summed E-state index contributed by atoms with van der Waals surface area (Å²) in [4.78, 5) is 24.4. The van der Waals surface area contributed by atoms with E-state index < -0.39 is 18.1 Å². The summed E-state index contributed by atoms with van der Waals surface area (Å²) >= 11 is 0. The molecule has 0 radical (unpaired) electrons. The largest absolute Gasteiger partial charge is 0.480 e. The van der Waals surface area contributed by atoms with Gasteiger partial charge >= 0.3 is 12.1 Å². The molecule has 0 saturated heterocycles. The molecule has 0 aromatic heterocycles. The summed E-state index contributed by atoms with van der Waals surface area (Å²) < 4.78 is 5.69. The molecule has 0 spiro atoms. The zero-order valence-electron chi connectivity index (χ0n) is 20.0. The minimum atomic E-state index is -0.867. The van der Waals surface area contributed by atoms with Crippen LogP contribution in [0.5, 0.6) is 0 Å². The van der Waals surface area contributed by atoms with Crippen LogP contribution in [0.1, 0.15) is 57.6 Å². The molecule has 0 aliphatic heterocycles. The number of carboxylic acids is 1. The average Bonchev–Trinajstić information content (AvgIpc) is 3.14. The van der Waals surface area contributed by atoms with Crippen LogP contribution in [0, 0.1) is 11.8 Å². The second kappa shape index (κ2) is 11.3. The number of carbonyl (C=O) groups is 2. The molecule has 1 amide bonds. The van der Waals surface area contributed by atoms with Crippen molar-refractivity contribution >= 4 is 12.1 Å². The number of nitrogens with one attached hydrogen (secondary N) is 2. The van der Waals surface area contributed by atoms with Crippen molar-refractivity contribution in [2.75, 3.05) is 13.2 Å². The van der Waals surface area contributed by atoms with Gasteiger partial charge in [-0.2, -0.15) is 0 Å². The third-order valence-electron chi connectivity index (χ3n) is 7.01. The summed E-state index contributed by atoms with van der Waals surface area (Å²) in [6, 6.07) is 15.6. The van der Waals surface area contributed by atoms with Crippen molar-refractivity contribution in [2.24, 2.45) is 11.8 Å². The van der Waals surface area contributed by atoms with E-state index in [4.69, 9.17) is 4.74 Å². The Hall–Kier alpha value is -2.86. The van der Waals surface area contributed by atoms with Gasteiger partial charge in [0, 0.05) is 18.5 Å². The first-order valence-corrected chi connectivity index (χ1v) is 11.9. The first kappa shape index (κ1) is 24.8. The number of hydrogen-bond acceptors (Lipinski definition) is 4. The van der Waals surface area contributed by atoms with E-state index in [1.54, 1.807) is 0 Å². The predicted octanol–water partition coefficient (Wildman–Crippen LogP) is 5.03. The minimum Gasteiger partial charge on any atom is -0.480 e. The number of amides is 1. The molecule has 0 fully saturated rings. The molecule has 0 saturated carbocycles. The van der Waals surface area contributed by atoms with E-state index in [0.717, 1.165) is 12.8 Å². The minimum absolute atomic E-state index is 0.00474. The van der Waals surface area contributed by atoms with Crippen LogP contribution in [0.25, 0.3) is 11.1 Å². The van der Waals surface area contributed by atoms with Gasteiger partial charge in [-0.3, -0.25) is 4.79 Å². The average molecular weight is 453 g/mol. The second-order valence-corrected chi connectivity index (χ2v) is 9.07. The molecule has 1 aliphatic carbocycles. The number of fused-ring (bicyclic) bond motifs is 3. The molecular weight excluding hydrogens is 416 g/mol. The Labute approximate surface area is 196 Å². The van der Waals surface area contributed by atoms with Gasteiger partial charge in [0.1, 0.15) is 12.6 Å². The molecule has 0 bridgehead atoms. The lowest BCUT2D eigenvalue weighted by Crippen LogP contribution is -2.51. The highest BCUT2D eigenvalue weighted by Crippen LogP contribution is 2.44. The van der Waals surface area contributed by atoms with Gasteiger partial charge in [0.25, 0.3) is 0 Å². The maximum absolute atomic E-state index is 12.7. The van der Waals surface area contributed by atoms with Crippen LogP contribution in [0.4, 0.5) is 4.79 Å². The number of carbonyl (C=O) groups excluding carboxylic acids is 1. The van der Waals surface area contributed by atoms with Gasteiger partial charge in [-0.1, -0.05) is 89.1 Å². The number of aliphatic carboxylic acids is 1. The van der Waals surface area contributed by atoms with Crippen LogP contribution in [-0.4, -0.2) is 42.4 Å². The molecule has 3 N–H and O–H groups in total. The molecular formula is C27H36N2O4. The molecule has 3 rings (SSSR count). The summed E-state index contributed by atoms with van der Waals surface area (Å²) in [7, 11) is 0. The molecule has 0 heterocycles. The third kappa shape index (κ3) is 5.74. The van der Waals surface area contributed by atoms with Crippen molar-refractivity contribution in [2.45, 2.75) is 58.5 Å². The van der Waals surface area contributed by atoms with Crippen LogP contribution in [0.15, 0.2) is 48.5 Å². The van der Waals surface area contributed by atoms with Crippen LogP contribution in [0.3, 0.4) is 0 Å². The smallest absolute Gasteiger partial charge is 0.407 e. The Bertz CT molecular complexity index is 915. The maximum Gasteiger partial charge on any atom is 0.407 e. The van der Waals surface area contributed by atoms with Gasteiger partial charge in [0.2, 0.25) is 0 Å². The first-order chi connectivity index (χ1) is 15.9. The lowest BCUT2D eigenvalue weighted by Gasteiger charge is -2.28. The van der Waals surface area contributed by atoms with Crippen molar-refractivity contribution in [3.8, 4) is 11.1 Å². The number of rotatable bonds is 11. The maximum atomic E-state index is 12.7. The van der Waals surface area contributed by atoms with Gasteiger partial charge in [-0.05, 0) is 34.1 Å². The van der Waals surface area contributed by atoms with E-state index in [1.165, 1.54) is 22.3 Å². The van der Waals surface area contributed by atoms with E-state index in [-0.39, 0.29) is 30.4 Å². The number of carboxylic acid groups (broad SMARTS) is 1. The standard InChI is InChI=1S/C27H36N2O4/c1-5-17(3)24(15-28-25(26(30)31)18(4)6-2)29-27(32)33-16-23-21-13-9-7-11-19(21)20-12-8-10-14-22(20)23/h7-14,17-18,23-25,28H,5-6,15-16H2,1-4H3,(H,29,32)(H,30,31)/t17-,18-,24+,25+/m0/s1. The second-order valence-electron chi connectivity index (χ2n) is 9.07. The lowest BCUT2D eigenvalue weighted by molar-refractivity contribution is -0.140. The molecule has 1 aliphatic rings. The Morgan fingerprint density at radius 3 is 2.00 bits per heavy atom. The molecule has 2 aromatic rings. The quantitative estimate of drug-likeness (QED) is 0.445. The van der Waals surface area contributed by atoms with Gasteiger partial charge in [-0.25, -0.2) is 4.79 Å². The molecule has 2 aromatic carbocycles. The van der Waals surface area contributed by atoms with Crippen LogP contribution in [-0.2, 0) is 9.53 Å². The van der Waals surface area contributed by atoms with Crippen molar-refractivity contribution in [3.05, 3.63) is 59.7 Å². The summed E-state index contributed by atoms with van der Waals surface area (Å²) in [5.41, 5.74) is 4.72. The van der Waals surface area contributed by atoms with Gasteiger partial charge in [-0.15, -0.1) is 0 Å². The van der Waals surface area contributed by atoms with Crippen LogP contribution >= 0.6 is 0 Å². The summed E-state index contributed by atoms with van der Waals surface area (Å²) in [6.07, 6.45) is 1.15. The predicted molar refractivity (Wildman–Crippen MR) is 130 cm³/mol. The Balaban J connectivity index is 1.64. The molecule has 33 heavy (non-hydrogen) atoms. The molecule has 178 valence electrons. The number of ether oxygens (including phenoxy) is 1. The topological polar surface area (TPSA) is 87.7 Å². The van der Waals surface area contributed by atoms with Crippen molar-refractivity contribution in [3.63, 3.8) is 0 Å². The van der Waals surface area contributed by atoms with Gasteiger partial charge in [0.05, 0.1) is 0 Å². The monoisotopic (exact) mass is 452 g/mol. The SMILES string of the molecule is CC[C@H](C)[C@@H](CN[C@@H](C(=O)O)[C@@H](C)CC)NC(=O)OCC1c2ccccc2-c2ccccc21. The summed E-state index contributed by atoms with van der Waals surface area (Å²) in [5.74, 6) is -0.697. The summed E-state index contributed by atoms with van der Waals surface area (Å²) in [6.45, 7) is 8.63. The lowest BCUT2D eigenvalue weighted by atomic mass is 9.96. The highest BCUT2D eigenvalue weighted by Gasteiger charge is 2.30.